The quantitative estimate of drug-likeness (QED) is 0.245. The van der Waals surface area contributed by atoms with E-state index in [4.69, 9.17) is 0 Å². The first-order valence-corrected chi connectivity index (χ1v) is 15.6. The standard InChI is InChI=1S/C34H48N4O4/c1-4-24(2)34(37-25(3)39)19-20-38(33(34)42)30(18-17-26-11-7-5-8-12-26)32(41)36-29(21-27-13-9-6-10-14-27)31(40)23-35-22-28-15-16-28/h5-14,24,28-31,35,40H,4,15-23H2,1-3H3,(H,36,41)(H,37,39)/t24?,29-,30-,31+,34-/m0/s1. The molecular formula is C34H48N4O4. The molecular weight excluding hydrogens is 528 g/mol. The van der Waals surface area contributed by atoms with Gasteiger partial charge in [0.05, 0.1) is 12.1 Å². The average Bonchev–Trinajstić information content (AvgIpc) is 3.76. The highest BCUT2D eigenvalue weighted by Gasteiger charge is 2.53. The highest BCUT2D eigenvalue weighted by molar-refractivity contribution is 5.96. The minimum atomic E-state index is -1.03. The molecule has 1 unspecified atom stereocenters. The average molecular weight is 577 g/mol. The summed E-state index contributed by atoms with van der Waals surface area (Å²) in [6.07, 6.45) is 4.35. The number of nitrogens with zero attached hydrogens (tertiary/aromatic N) is 1. The zero-order valence-corrected chi connectivity index (χ0v) is 25.4. The number of hydrogen-bond acceptors (Lipinski definition) is 5. The van der Waals surface area contributed by atoms with Crippen LogP contribution in [0.15, 0.2) is 60.7 Å². The van der Waals surface area contributed by atoms with Crippen LogP contribution in [-0.4, -0.2) is 71.1 Å². The highest BCUT2D eigenvalue weighted by atomic mass is 16.3. The summed E-state index contributed by atoms with van der Waals surface area (Å²) in [6, 6.07) is 18.5. The van der Waals surface area contributed by atoms with Gasteiger partial charge in [-0.25, -0.2) is 0 Å². The van der Waals surface area contributed by atoms with Crippen LogP contribution in [0.4, 0.5) is 0 Å². The van der Waals surface area contributed by atoms with E-state index in [0.717, 1.165) is 24.1 Å². The largest absolute Gasteiger partial charge is 0.390 e. The van der Waals surface area contributed by atoms with Crippen LogP contribution in [-0.2, 0) is 27.2 Å². The number of amides is 3. The third kappa shape index (κ3) is 8.19. The van der Waals surface area contributed by atoms with E-state index in [2.05, 4.69) is 16.0 Å². The van der Waals surface area contributed by atoms with E-state index < -0.39 is 23.7 Å². The molecule has 42 heavy (non-hydrogen) atoms. The lowest BCUT2D eigenvalue weighted by molar-refractivity contribution is -0.144. The molecule has 1 saturated heterocycles. The van der Waals surface area contributed by atoms with Gasteiger partial charge >= 0.3 is 0 Å². The van der Waals surface area contributed by atoms with Gasteiger partial charge in [-0.05, 0) is 68.0 Å². The smallest absolute Gasteiger partial charge is 0.249 e. The van der Waals surface area contributed by atoms with Gasteiger partial charge in [0.2, 0.25) is 17.7 Å². The second kappa shape index (κ2) is 14.8. The minimum absolute atomic E-state index is 0.0815. The highest BCUT2D eigenvalue weighted by Crippen LogP contribution is 2.34. The number of nitrogens with one attached hydrogen (secondary N) is 3. The van der Waals surface area contributed by atoms with Crippen LogP contribution in [0.3, 0.4) is 0 Å². The molecule has 5 atom stereocenters. The predicted molar refractivity (Wildman–Crippen MR) is 165 cm³/mol. The summed E-state index contributed by atoms with van der Waals surface area (Å²) < 4.78 is 0. The van der Waals surface area contributed by atoms with Crippen LogP contribution in [0.25, 0.3) is 0 Å². The van der Waals surface area contributed by atoms with Crippen molar-refractivity contribution in [2.75, 3.05) is 19.6 Å². The van der Waals surface area contributed by atoms with Crippen LogP contribution in [0.2, 0.25) is 0 Å². The molecule has 4 rings (SSSR count). The number of likely N-dealkylation sites (tertiary alicyclic amines) is 1. The maximum atomic E-state index is 14.1. The fraction of sp³-hybridized carbons (Fsp3) is 0.559. The maximum Gasteiger partial charge on any atom is 0.249 e. The van der Waals surface area contributed by atoms with Crippen molar-refractivity contribution in [3.63, 3.8) is 0 Å². The van der Waals surface area contributed by atoms with E-state index in [1.54, 1.807) is 4.90 Å². The Kier molecular flexibility index (Phi) is 11.2. The molecule has 2 aromatic carbocycles. The molecule has 0 radical (unpaired) electrons. The van der Waals surface area contributed by atoms with Gasteiger partial charge in [0.1, 0.15) is 11.6 Å². The van der Waals surface area contributed by atoms with Gasteiger partial charge < -0.3 is 26.0 Å². The van der Waals surface area contributed by atoms with Gasteiger partial charge in [-0.2, -0.15) is 0 Å². The summed E-state index contributed by atoms with van der Waals surface area (Å²) in [7, 11) is 0. The SMILES string of the molecule is CCC(C)[C@@]1(NC(C)=O)CCN([C@@H](CCc2ccccc2)C(=O)N[C@@H](Cc2ccccc2)[C@H](O)CNCC2CC2)C1=O. The van der Waals surface area contributed by atoms with E-state index in [0.29, 0.717) is 44.7 Å². The predicted octanol–water partition coefficient (Wildman–Crippen LogP) is 3.23. The molecule has 1 aliphatic heterocycles. The van der Waals surface area contributed by atoms with E-state index in [9.17, 15) is 19.5 Å². The van der Waals surface area contributed by atoms with E-state index >= 15 is 0 Å². The van der Waals surface area contributed by atoms with Crippen molar-refractivity contribution in [3.05, 3.63) is 71.8 Å². The van der Waals surface area contributed by atoms with Crippen LogP contribution in [0, 0.1) is 11.8 Å². The molecule has 2 aromatic rings. The third-order valence-electron chi connectivity index (χ3n) is 9.04. The normalized spacial score (nSPS) is 21.4. The van der Waals surface area contributed by atoms with Crippen molar-refractivity contribution >= 4 is 17.7 Å². The molecule has 228 valence electrons. The molecule has 2 aliphatic rings. The first-order valence-electron chi connectivity index (χ1n) is 15.6. The number of hydrogen-bond donors (Lipinski definition) is 4. The number of aliphatic hydroxyl groups excluding tert-OH is 1. The lowest BCUT2D eigenvalue weighted by Crippen LogP contribution is -2.60. The number of aryl methyl sites for hydroxylation is 1. The van der Waals surface area contributed by atoms with Gasteiger partial charge in [0.25, 0.3) is 0 Å². The molecule has 4 N–H and O–H groups in total. The zero-order valence-electron chi connectivity index (χ0n) is 25.4. The first-order chi connectivity index (χ1) is 20.2. The summed E-state index contributed by atoms with van der Waals surface area (Å²) in [4.78, 5) is 42.1. The molecule has 2 fully saturated rings. The number of carbonyl (C=O) groups excluding carboxylic acids is 3. The molecule has 8 heteroatoms. The van der Waals surface area contributed by atoms with Gasteiger partial charge in [-0.15, -0.1) is 0 Å². The number of carbonyl (C=O) groups is 3. The number of rotatable bonds is 16. The monoisotopic (exact) mass is 576 g/mol. The van der Waals surface area contributed by atoms with Gasteiger partial charge in [0, 0.05) is 20.0 Å². The van der Waals surface area contributed by atoms with Crippen LogP contribution < -0.4 is 16.0 Å². The minimum Gasteiger partial charge on any atom is -0.390 e. The molecule has 0 spiro atoms. The molecule has 1 saturated carbocycles. The molecule has 0 aromatic heterocycles. The van der Waals surface area contributed by atoms with E-state index in [1.807, 2.05) is 74.5 Å². The molecule has 8 nitrogen and oxygen atoms in total. The van der Waals surface area contributed by atoms with Gasteiger partial charge in [-0.1, -0.05) is 80.9 Å². The van der Waals surface area contributed by atoms with Crippen LogP contribution in [0.1, 0.15) is 64.0 Å². The third-order valence-corrected chi connectivity index (χ3v) is 9.04. The Labute approximate surface area is 250 Å². The van der Waals surface area contributed by atoms with Crippen molar-refractivity contribution in [2.24, 2.45) is 11.8 Å². The lowest BCUT2D eigenvalue weighted by atomic mass is 9.81. The van der Waals surface area contributed by atoms with Crippen molar-refractivity contribution < 1.29 is 19.5 Å². The molecule has 0 bridgehead atoms. The van der Waals surface area contributed by atoms with Crippen molar-refractivity contribution in [3.8, 4) is 0 Å². The van der Waals surface area contributed by atoms with Crippen LogP contribution in [0.5, 0.6) is 0 Å². The second-order valence-corrected chi connectivity index (χ2v) is 12.2. The lowest BCUT2D eigenvalue weighted by Gasteiger charge is -2.36. The number of benzene rings is 2. The summed E-state index contributed by atoms with van der Waals surface area (Å²) in [6.45, 7) is 7.06. The van der Waals surface area contributed by atoms with Crippen molar-refractivity contribution in [1.29, 1.82) is 0 Å². The zero-order chi connectivity index (χ0) is 30.1. The Morgan fingerprint density at radius 2 is 1.69 bits per heavy atom. The Morgan fingerprint density at radius 1 is 1.05 bits per heavy atom. The second-order valence-electron chi connectivity index (χ2n) is 12.2. The van der Waals surface area contributed by atoms with Gasteiger partial charge in [0.15, 0.2) is 0 Å². The topological polar surface area (TPSA) is 111 Å². The van der Waals surface area contributed by atoms with E-state index in [-0.39, 0.29) is 23.6 Å². The van der Waals surface area contributed by atoms with Crippen molar-refractivity contribution in [2.45, 2.75) is 89.4 Å². The summed E-state index contributed by atoms with van der Waals surface area (Å²) in [5.74, 6) is -0.129. The summed E-state index contributed by atoms with van der Waals surface area (Å²) in [5, 5.41) is 20.7. The number of aliphatic hydroxyl groups is 1. The van der Waals surface area contributed by atoms with E-state index in [1.165, 1.54) is 19.8 Å². The van der Waals surface area contributed by atoms with Gasteiger partial charge in [-0.3, -0.25) is 14.4 Å². The Balaban J connectivity index is 1.56. The molecule has 1 aliphatic carbocycles. The fourth-order valence-electron chi connectivity index (χ4n) is 6.12. The van der Waals surface area contributed by atoms with Crippen LogP contribution >= 0.6 is 0 Å². The van der Waals surface area contributed by atoms with Crippen molar-refractivity contribution in [1.82, 2.24) is 20.9 Å². The molecule has 3 amide bonds. The first kappa shape index (κ1) is 31.7. The molecule has 1 heterocycles. The summed E-state index contributed by atoms with van der Waals surface area (Å²) in [5.41, 5.74) is 1.08. The Morgan fingerprint density at radius 3 is 2.29 bits per heavy atom. The Bertz CT molecular complexity index is 1170. The fourth-order valence-corrected chi connectivity index (χ4v) is 6.12. The Hall–Kier alpha value is -3.23. The summed E-state index contributed by atoms with van der Waals surface area (Å²) >= 11 is 0. The maximum absolute atomic E-state index is 14.1.